The fourth-order valence-electron chi connectivity index (χ4n) is 7.08. The summed E-state index contributed by atoms with van der Waals surface area (Å²) >= 11 is 0. The summed E-state index contributed by atoms with van der Waals surface area (Å²) in [6.07, 6.45) is 5.95. The molecule has 0 atom stereocenters. The van der Waals surface area contributed by atoms with Gasteiger partial charge in [-0.25, -0.2) is 4.98 Å². The molecular weight excluding hydrogens is 424 g/mol. The number of hydrogen-bond acceptors (Lipinski definition) is 2. The molecule has 2 aliphatic heterocycles. The smallest absolute Gasteiger partial charge is 0.141 e. The molecular formula is C33H22N2. The second-order valence-electron chi connectivity index (χ2n) is 10.4. The lowest BCUT2D eigenvalue weighted by Gasteiger charge is -2.38. The van der Waals surface area contributed by atoms with Gasteiger partial charge in [0.2, 0.25) is 0 Å². The minimum absolute atomic E-state index is 0.960. The van der Waals surface area contributed by atoms with E-state index in [2.05, 4.69) is 83.8 Å². The zero-order valence-electron chi connectivity index (χ0n) is 19.3. The maximum Gasteiger partial charge on any atom is 0.141 e. The van der Waals surface area contributed by atoms with Gasteiger partial charge in [-0.3, -0.25) is 4.90 Å². The highest BCUT2D eigenvalue weighted by Gasteiger charge is 2.35. The molecule has 2 nitrogen and oxygen atoms in total. The summed E-state index contributed by atoms with van der Waals surface area (Å²) < 4.78 is 0. The van der Waals surface area contributed by atoms with Crippen molar-refractivity contribution in [1.82, 2.24) is 4.98 Å². The number of fused-ring (bicyclic) bond motifs is 11. The van der Waals surface area contributed by atoms with Crippen LogP contribution in [-0.2, 0) is 25.7 Å². The van der Waals surface area contributed by atoms with Crippen molar-refractivity contribution in [3.8, 4) is 22.3 Å². The molecule has 35 heavy (non-hydrogen) atoms. The largest absolute Gasteiger partial charge is 0.294 e. The highest BCUT2D eigenvalue weighted by Crippen LogP contribution is 2.53. The summed E-state index contributed by atoms with van der Waals surface area (Å²) in [7, 11) is 0. The van der Waals surface area contributed by atoms with Crippen LogP contribution in [0.1, 0.15) is 44.5 Å². The third kappa shape index (κ3) is 2.27. The van der Waals surface area contributed by atoms with Crippen LogP contribution in [0.15, 0.2) is 85.1 Å². The van der Waals surface area contributed by atoms with Gasteiger partial charge in [0.05, 0.1) is 11.4 Å². The van der Waals surface area contributed by atoms with Crippen molar-refractivity contribution >= 4 is 17.2 Å². The van der Waals surface area contributed by atoms with E-state index in [0.29, 0.717) is 0 Å². The van der Waals surface area contributed by atoms with Crippen molar-refractivity contribution in [2.24, 2.45) is 0 Å². The zero-order valence-corrected chi connectivity index (χ0v) is 19.3. The molecule has 0 saturated heterocycles. The molecule has 0 fully saturated rings. The van der Waals surface area contributed by atoms with E-state index in [1.54, 1.807) is 0 Å². The van der Waals surface area contributed by atoms with E-state index in [4.69, 9.17) is 4.98 Å². The summed E-state index contributed by atoms with van der Waals surface area (Å²) in [6, 6.07) is 29.7. The lowest BCUT2D eigenvalue weighted by molar-refractivity contribution is 0.980. The number of nitrogens with zero attached hydrogens (tertiary/aromatic N) is 2. The molecule has 9 rings (SSSR count). The first-order chi connectivity index (χ1) is 17.3. The fourth-order valence-corrected chi connectivity index (χ4v) is 7.08. The van der Waals surface area contributed by atoms with Crippen LogP contribution < -0.4 is 4.90 Å². The maximum atomic E-state index is 4.87. The minimum atomic E-state index is 0.960. The molecule has 3 heterocycles. The Hall–Kier alpha value is -4.17. The van der Waals surface area contributed by atoms with Crippen LogP contribution >= 0.6 is 0 Å². The van der Waals surface area contributed by atoms with Crippen molar-refractivity contribution in [2.45, 2.75) is 25.7 Å². The zero-order chi connectivity index (χ0) is 22.7. The lowest BCUT2D eigenvalue weighted by atomic mass is 9.86. The van der Waals surface area contributed by atoms with Crippen LogP contribution in [-0.4, -0.2) is 4.98 Å². The number of rotatable bonds is 0. The Labute approximate surface area is 204 Å². The van der Waals surface area contributed by atoms with Crippen LogP contribution in [0.4, 0.5) is 17.2 Å². The van der Waals surface area contributed by atoms with Crippen molar-refractivity contribution in [2.75, 3.05) is 4.90 Å². The molecule has 0 saturated carbocycles. The first-order valence-electron chi connectivity index (χ1n) is 12.6. The summed E-state index contributed by atoms with van der Waals surface area (Å²) in [5.41, 5.74) is 19.9. The van der Waals surface area contributed by atoms with Crippen LogP contribution in [0.2, 0.25) is 0 Å². The lowest BCUT2D eigenvalue weighted by Crippen LogP contribution is -2.25. The molecule has 0 radical (unpaired) electrons. The summed E-state index contributed by atoms with van der Waals surface area (Å²) in [4.78, 5) is 7.32. The molecule has 164 valence electrons. The van der Waals surface area contributed by atoms with Gasteiger partial charge in [0.1, 0.15) is 5.82 Å². The van der Waals surface area contributed by atoms with Gasteiger partial charge in [0.25, 0.3) is 0 Å². The van der Waals surface area contributed by atoms with Gasteiger partial charge in [0.15, 0.2) is 0 Å². The van der Waals surface area contributed by atoms with Crippen molar-refractivity contribution < 1.29 is 0 Å². The molecule has 2 heteroatoms. The summed E-state index contributed by atoms with van der Waals surface area (Å²) in [5.74, 6) is 1.10. The van der Waals surface area contributed by atoms with E-state index >= 15 is 0 Å². The molecule has 5 aromatic rings. The SMILES string of the molecule is c1ccc2c(c1)Cc1c-2ccc2c1Cc1cc3c(cc1-2)Cc1cccc2c1N3c1ncccc1C2. The molecule has 4 aromatic carbocycles. The van der Waals surface area contributed by atoms with Gasteiger partial charge in [-0.1, -0.05) is 60.7 Å². The van der Waals surface area contributed by atoms with Gasteiger partial charge in [-0.05, 0) is 97.8 Å². The third-order valence-electron chi connectivity index (χ3n) is 8.58. The maximum absolute atomic E-state index is 4.87. The van der Waals surface area contributed by atoms with Crippen LogP contribution in [0.25, 0.3) is 22.3 Å². The van der Waals surface area contributed by atoms with Gasteiger partial charge in [-0.15, -0.1) is 0 Å². The second-order valence-corrected chi connectivity index (χ2v) is 10.4. The van der Waals surface area contributed by atoms with Crippen molar-refractivity contribution in [3.05, 3.63) is 130 Å². The van der Waals surface area contributed by atoms with E-state index in [1.807, 2.05) is 6.20 Å². The Morgan fingerprint density at radius 2 is 1.23 bits per heavy atom. The Balaban J connectivity index is 1.24. The number of hydrogen-bond donors (Lipinski definition) is 0. The van der Waals surface area contributed by atoms with Gasteiger partial charge < -0.3 is 0 Å². The van der Waals surface area contributed by atoms with Crippen molar-refractivity contribution in [1.29, 1.82) is 0 Å². The molecule has 0 spiro atoms. The Morgan fingerprint density at radius 3 is 2.11 bits per heavy atom. The molecule has 0 bridgehead atoms. The van der Waals surface area contributed by atoms with Gasteiger partial charge in [0, 0.05) is 19.0 Å². The van der Waals surface area contributed by atoms with E-state index in [1.165, 1.54) is 78.1 Å². The topological polar surface area (TPSA) is 16.1 Å². The summed E-state index contributed by atoms with van der Waals surface area (Å²) in [5, 5.41) is 0. The number of benzene rings is 4. The predicted octanol–water partition coefficient (Wildman–Crippen LogP) is 7.50. The predicted molar refractivity (Wildman–Crippen MR) is 141 cm³/mol. The van der Waals surface area contributed by atoms with E-state index in [9.17, 15) is 0 Å². The number of pyridine rings is 1. The van der Waals surface area contributed by atoms with Gasteiger partial charge >= 0.3 is 0 Å². The first-order valence-corrected chi connectivity index (χ1v) is 12.6. The van der Waals surface area contributed by atoms with Crippen LogP contribution in [0.3, 0.4) is 0 Å². The minimum Gasteiger partial charge on any atom is -0.294 e. The fraction of sp³-hybridized carbons (Fsp3) is 0.121. The quantitative estimate of drug-likeness (QED) is 0.240. The van der Waals surface area contributed by atoms with E-state index in [0.717, 1.165) is 31.5 Å². The molecule has 0 amide bonds. The number of aromatic nitrogens is 1. The van der Waals surface area contributed by atoms with E-state index < -0.39 is 0 Å². The molecule has 0 unspecified atom stereocenters. The first kappa shape index (κ1) is 18.2. The monoisotopic (exact) mass is 446 g/mol. The number of para-hydroxylation sites is 1. The second kappa shape index (κ2) is 6.28. The van der Waals surface area contributed by atoms with E-state index in [-0.39, 0.29) is 0 Å². The average molecular weight is 447 g/mol. The Morgan fingerprint density at radius 1 is 0.514 bits per heavy atom. The molecule has 1 aromatic heterocycles. The highest BCUT2D eigenvalue weighted by molar-refractivity contribution is 5.92. The van der Waals surface area contributed by atoms with Crippen LogP contribution in [0.5, 0.6) is 0 Å². The van der Waals surface area contributed by atoms with Crippen LogP contribution in [0, 0.1) is 0 Å². The van der Waals surface area contributed by atoms with Gasteiger partial charge in [-0.2, -0.15) is 0 Å². The standard InChI is InChI=1S/C33H22N2/c1-2-9-25-19(5-1)15-29-26(25)10-11-27-28-17-24-14-21-7-3-6-20-13-22-8-4-12-34-33(22)35(32(20)21)31(24)18-23(28)16-30(27)29/h1-12,17-18H,13-16H2. The molecule has 2 aliphatic carbocycles. The third-order valence-corrected chi connectivity index (χ3v) is 8.58. The molecule has 0 N–H and O–H groups in total. The highest BCUT2D eigenvalue weighted by atomic mass is 15.2. The Kier molecular flexibility index (Phi) is 3.27. The average Bonchev–Trinajstić information content (AvgIpc) is 3.45. The summed E-state index contributed by atoms with van der Waals surface area (Å²) in [6.45, 7) is 0. The molecule has 4 aliphatic rings. The Bertz CT molecular complexity index is 1760. The normalized spacial score (nSPS) is 14.9. The van der Waals surface area contributed by atoms with Crippen molar-refractivity contribution in [3.63, 3.8) is 0 Å². The number of anilines is 3.